The number of hydrogen-bond acceptors (Lipinski definition) is 1. The molecule has 2 heteroatoms. The summed E-state index contributed by atoms with van der Waals surface area (Å²) in [5.74, 6) is -0.108. The van der Waals surface area contributed by atoms with Crippen LogP contribution in [0.2, 0.25) is 0 Å². The Labute approximate surface area is 116 Å². The molecule has 2 unspecified atom stereocenters. The third-order valence-corrected chi connectivity index (χ3v) is 4.45. The van der Waals surface area contributed by atoms with Crippen molar-refractivity contribution in [2.75, 3.05) is 6.54 Å². The Bertz CT molecular complexity index is 429. The average molecular weight is 263 g/mol. The van der Waals surface area contributed by atoms with Gasteiger partial charge in [0.2, 0.25) is 0 Å². The van der Waals surface area contributed by atoms with Crippen LogP contribution >= 0.6 is 0 Å². The van der Waals surface area contributed by atoms with Gasteiger partial charge in [-0.15, -0.1) is 0 Å². The van der Waals surface area contributed by atoms with E-state index >= 15 is 0 Å². The molecule has 1 N–H and O–H groups in total. The molecule has 0 amide bonds. The van der Waals surface area contributed by atoms with E-state index in [0.717, 1.165) is 13.0 Å². The fourth-order valence-corrected chi connectivity index (χ4v) is 3.30. The van der Waals surface area contributed by atoms with Gasteiger partial charge in [-0.25, -0.2) is 4.39 Å². The maximum absolute atomic E-state index is 13.4. The van der Waals surface area contributed by atoms with E-state index < -0.39 is 0 Å². The Kier molecular flexibility index (Phi) is 4.62. The van der Waals surface area contributed by atoms with Gasteiger partial charge in [0.05, 0.1) is 0 Å². The highest BCUT2D eigenvalue weighted by molar-refractivity contribution is 5.28. The molecule has 0 saturated heterocycles. The van der Waals surface area contributed by atoms with Gasteiger partial charge in [-0.2, -0.15) is 0 Å². The van der Waals surface area contributed by atoms with Crippen molar-refractivity contribution >= 4 is 0 Å². The summed E-state index contributed by atoms with van der Waals surface area (Å²) in [6.45, 7) is 7.75. The summed E-state index contributed by atoms with van der Waals surface area (Å²) >= 11 is 0. The highest BCUT2D eigenvalue weighted by Crippen LogP contribution is 2.41. The Morgan fingerprint density at radius 1 is 1.42 bits per heavy atom. The normalized spacial score (nSPS) is 26.8. The molecule has 1 saturated carbocycles. The number of rotatable bonds is 5. The minimum Gasteiger partial charge on any atom is -0.314 e. The molecule has 1 fully saturated rings. The smallest absolute Gasteiger partial charge is 0.123 e. The fraction of sp³-hybridized carbons (Fsp3) is 0.647. The molecule has 1 aliphatic rings. The summed E-state index contributed by atoms with van der Waals surface area (Å²) in [4.78, 5) is 0. The molecule has 0 heterocycles. The lowest BCUT2D eigenvalue weighted by Gasteiger charge is -2.25. The molecule has 1 aromatic rings. The molecule has 106 valence electrons. The second kappa shape index (κ2) is 6.04. The van der Waals surface area contributed by atoms with Crippen molar-refractivity contribution in [3.8, 4) is 0 Å². The molecule has 0 radical (unpaired) electrons. The zero-order chi connectivity index (χ0) is 13.9. The Hall–Kier alpha value is -0.890. The van der Waals surface area contributed by atoms with E-state index in [1.165, 1.54) is 36.8 Å². The second-order valence-electron chi connectivity index (χ2n) is 6.45. The number of nitrogens with one attached hydrogen (secondary N) is 1. The topological polar surface area (TPSA) is 12.0 Å². The summed E-state index contributed by atoms with van der Waals surface area (Å²) < 4.78 is 13.4. The van der Waals surface area contributed by atoms with Crippen LogP contribution in [-0.2, 0) is 6.42 Å². The molecule has 2 rings (SSSR count). The molecule has 0 aliphatic heterocycles. The lowest BCUT2D eigenvalue weighted by molar-refractivity contribution is 0.321. The van der Waals surface area contributed by atoms with E-state index in [0.29, 0.717) is 11.5 Å². The lowest BCUT2D eigenvalue weighted by Crippen LogP contribution is -2.29. The van der Waals surface area contributed by atoms with Crippen LogP contribution in [0.1, 0.15) is 50.7 Å². The van der Waals surface area contributed by atoms with Crippen LogP contribution in [0, 0.1) is 18.2 Å². The molecule has 1 nitrogen and oxygen atoms in total. The first-order valence-electron chi connectivity index (χ1n) is 7.51. The fourth-order valence-electron chi connectivity index (χ4n) is 3.30. The van der Waals surface area contributed by atoms with Gasteiger partial charge in [0.25, 0.3) is 0 Å². The Morgan fingerprint density at radius 3 is 2.95 bits per heavy atom. The van der Waals surface area contributed by atoms with Crippen LogP contribution in [-0.4, -0.2) is 12.6 Å². The highest BCUT2D eigenvalue weighted by atomic mass is 19.1. The van der Waals surface area contributed by atoms with E-state index in [-0.39, 0.29) is 5.82 Å². The van der Waals surface area contributed by atoms with Crippen molar-refractivity contribution in [2.24, 2.45) is 5.41 Å². The summed E-state index contributed by atoms with van der Waals surface area (Å²) in [6, 6.07) is 5.82. The number of halogens is 1. The first-order valence-corrected chi connectivity index (χ1v) is 7.51. The third kappa shape index (κ3) is 3.79. The molecular formula is C17H26FN. The minimum absolute atomic E-state index is 0.108. The van der Waals surface area contributed by atoms with E-state index in [4.69, 9.17) is 0 Å². The summed E-state index contributed by atoms with van der Waals surface area (Å²) in [5.41, 5.74) is 2.72. The van der Waals surface area contributed by atoms with Gasteiger partial charge in [0, 0.05) is 6.04 Å². The SMILES string of the molecule is CCCNC1CCC(C)(Cc2cc(F)ccc2C)C1. The van der Waals surface area contributed by atoms with Gasteiger partial charge in [0.15, 0.2) is 0 Å². The van der Waals surface area contributed by atoms with Crippen molar-refractivity contribution in [3.63, 3.8) is 0 Å². The molecular weight excluding hydrogens is 237 g/mol. The monoisotopic (exact) mass is 263 g/mol. The van der Waals surface area contributed by atoms with Crippen LogP contribution in [0.3, 0.4) is 0 Å². The highest BCUT2D eigenvalue weighted by Gasteiger charge is 2.35. The van der Waals surface area contributed by atoms with E-state index in [1.54, 1.807) is 12.1 Å². The average Bonchev–Trinajstić information content (AvgIpc) is 2.73. The van der Waals surface area contributed by atoms with Gasteiger partial charge in [-0.3, -0.25) is 0 Å². The molecule has 0 spiro atoms. The van der Waals surface area contributed by atoms with Crippen molar-refractivity contribution in [1.29, 1.82) is 0 Å². The lowest BCUT2D eigenvalue weighted by atomic mass is 9.81. The predicted molar refractivity (Wildman–Crippen MR) is 78.9 cm³/mol. The maximum Gasteiger partial charge on any atom is 0.123 e. The van der Waals surface area contributed by atoms with E-state index in [1.807, 2.05) is 6.07 Å². The van der Waals surface area contributed by atoms with Gasteiger partial charge in [-0.05, 0) is 74.2 Å². The van der Waals surface area contributed by atoms with Crippen molar-refractivity contribution in [1.82, 2.24) is 5.32 Å². The van der Waals surface area contributed by atoms with Crippen molar-refractivity contribution in [3.05, 3.63) is 35.1 Å². The minimum atomic E-state index is -0.108. The van der Waals surface area contributed by atoms with Crippen LogP contribution in [0.5, 0.6) is 0 Å². The predicted octanol–water partition coefficient (Wildman–Crippen LogP) is 4.24. The number of hydrogen-bond donors (Lipinski definition) is 1. The van der Waals surface area contributed by atoms with Gasteiger partial charge >= 0.3 is 0 Å². The molecule has 0 aromatic heterocycles. The molecule has 1 aliphatic carbocycles. The van der Waals surface area contributed by atoms with Gasteiger partial charge in [0.1, 0.15) is 5.82 Å². The molecule has 19 heavy (non-hydrogen) atoms. The summed E-state index contributed by atoms with van der Waals surface area (Å²) in [6.07, 6.45) is 5.90. The second-order valence-corrected chi connectivity index (χ2v) is 6.45. The zero-order valence-electron chi connectivity index (χ0n) is 12.4. The van der Waals surface area contributed by atoms with Crippen molar-refractivity contribution in [2.45, 2.75) is 58.9 Å². The summed E-state index contributed by atoms with van der Waals surface area (Å²) in [7, 11) is 0. The number of benzene rings is 1. The van der Waals surface area contributed by atoms with Crippen LogP contribution in [0.4, 0.5) is 4.39 Å². The Balaban J connectivity index is 2.00. The Morgan fingerprint density at radius 2 is 2.21 bits per heavy atom. The van der Waals surface area contributed by atoms with Gasteiger partial charge < -0.3 is 5.32 Å². The zero-order valence-corrected chi connectivity index (χ0v) is 12.4. The standard InChI is InChI=1S/C17H26FN/c1-4-9-19-16-7-8-17(3,12-16)11-14-10-15(18)6-5-13(14)2/h5-6,10,16,19H,4,7-9,11-12H2,1-3H3. The summed E-state index contributed by atoms with van der Waals surface area (Å²) in [5, 5.41) is 3.62. The van der Waals surface area contributed by atoms with Crippen LogP contribution in [0.15, 0.2) is 18.2 Å². The molecule has 0 bridgehead atoms. The third-order valence-electron chi connectivity index (χ3n) is 4.45. The van der Waals surface area contributed by atoms with Crippen LogP contribution < -0.4 is 5.32 Å². The first-order chi connectivity index (χ1) is 9.02. The van der Waals surface area contributed by atoms with Crippen molar-refractivity contribution < 1.29 is 4.39 Å². The molecule has 1 aromatic carbocycles. The van der Waals surface area contributed by atoms with Gasteiger partial charge in [-0.1, -0.05) is 19.9 Å². The van der Waals surface area contributed by atoms with E-state index in [9.17, 15) is 4.39 Å². The van der Waals surface area contributed by atoms with E-state index in [2.05, 4.69) is 26.1 Å². The molecule has 2 atom stereocenters. The van der Waals surface area contributed by atoms with Crippen LogP contribution in [0.25, 0.3) is 0 Å². The first kappa shape index (κ1) is 14.5. The quantitative estimate of drug-likeness (QED) is 0.838. The maximum atomic E-state index is 13.4. The number of aryl methyl sites for hydroxylation is 1. The largest absolute Gasteiger partial charge is 0.314 e.